The molecule has 0 N–H and O–H groups in total. The molecule has 1 saturated heterocycles. The van der Waals surface area contributed by atoms with E-state index in [-0.39, 0.29) is 23.3 Å². The molecule has 8 heteroatoms. The largest absolute Gasteiger partial charge is 0.375 e. The Hall–Kier alpha value is -2.16. The van der Waals surface area contributed by atoms with Gasteiger partial charge in [0.15, 0.2) is 5.16 Å². The van der Waals surface area contributed by atoms with Crippen LogP contribution in [0.25, 0.3) is 15.9 Å². The van der Waals surface area contributed by atoms with E-state index < -0.39 is 0 Å². The molecule has 2 aromatic heterocycles. The minimum Gasteiger partial charge on any atom is -0.375 e. The third-order valence-corrected chi connectivity index (χ3v) is 7.71. The molecule has 1 amide bonds. The zero-order valence-electron chi connectivity index (χ0n) is 18.5. The summed E-state index contributed by atoms with van der Waals surface area (Å²) in [6.45, 7) is 11.7. The van der Waals surface area contributed by atoms with Gasteiger partial charge in [-0.05, 0) is 51.8 Å². The number of benzene rings is 1. The molecule has 0 aliphatic carbocycles. The third-order valence-electron chi connectivity index (χ3n) is 5.68. The van der Waals surface area contributed by atoms with Crippen LogP contribution in [0.1, 0.15) is 28.5 Å². The number of rotatable bonds is 4. The van der Waals surface area contributed by atoms with Gasteiger partial charge in [-0.3, -0.25) is 14.2 Å². The average Bonchev–Trinajstić information content (AvgIpc) is 3.01. The fourth-order valence-corrected chi connectivity index (χ4v) is 5.88. The second kappa shape index (κ2) is 8.76. The van der Waals surface area contributed by atoms with E-state index in [4.69, 9.17) is 9.72 Å². The number of aryl methyl sites for hydroxylation is 4. The second-order valence-electron chi connectivity index (χ2n) is 8.10. The molecule has 164 valence electrons. The number of aromatic nitrogens is 2. The Morgan fingerprint density at radius 3 is 2.77 bits per heavy atom. The Balaban J connectivity index is 1.76. The van der Waals surface area contributed by atoms with Crippen LogP contribution in [0.3, 0.4) is 0 Å². The van der Waals surface area contributed by atoms with E-state index in [1.54, 1.807) is 4.57 Å². The number of morpholine rings is 1. The van der Waals surface area contributed by atoms with Crippen LogP contribution >= 0.6 is 23.1 Å². The van der Waals surface area contributed by atoms with Gasteiger partial charge in [-0.25, -0.2) is 4.98 Å². The molecule has 6 nitrogen and oxygen atoms in total. The lowest BCUT2D eigenvalue weighted by Gasteiger charge is -2.31. The van der Waals surface area contributed by atoms with E-state index in [0.717, 1.165) is 32.1 Å². The molecule has 0 saturated carbocycles. The Kier molecular flexibility index (Phi) is 6.23. The van der Waals surface area contributed by atoms with E-state index in [9.17, 15) is 9.59 Å². The highest BCUT2D eigenvalue weighted by Gasteiger charge is 2.24. The lowest BCUT2D eigenvalue weighted by molar-refractivity contribution is -0.135. The molecule has 0 unspecified atom stereocenters. The number of amides is 1. The molecule has 4 rings (SSSR count). The molecular formula is C23H27N3O3S2. The Morgan fingerprint density at radius 2 is 2.06 bits per heavy atom. The monoisotopic (exact) mass is 457 g/mol. The van der Waals surface area contributed by atoms with Gasteiger partial charge < -0.3 is 9.64 Å². The van der Waals surface area contributed by atoms with Gasteiger partial charge in [0.2, 0.25) is 5.91 Å². The molecule has 1 atom stereocenters. The van der Waals surface area contributed by atoms with E-state index in [0.29, 0.717) is 30.2 Å². The normalized spacial score (nSPS) is 16.8. The number of nitrogens with zero attached hydrogens (tertiary/aromatic N) is 3. The van der Waals surface area contributed by atoms with Crippen LogP contribution in [0.2, 0.25) is 0 Å². The predicted molar refractivity (Wildman–Crippen MR) is 127 cm³/mol. The quantitative estimate of drug-likeness (QED) is 0.437. The summed E-state index contributed by atoms with van der Waals surface area (Å²) in [5.74, 6) is 0.277. The number of hydrogen-bond donors (Lipinski definition) is 0. The molecule has 31 heavy (non-hydrogen) atoms. The van der Waals surface area contributed by atoms with Crippen molar-refractivity contribution in [3.63, 3.8) is 0 Å². The molecule has 1 aliphatic rings. The van der Waals surface area contributed by atoms with Gasteiger partial charge in [0, 0.05) is 18.0 Å². The molecule has 1 aromatic carbocycles. The summed E-state index contributed by atoms with van der Waals surface area (Å²) in [4.78, 5) is 34.9. The highest BCUT2D eigenvalue weighted by molar-refractivity contribution is 7.99. The third kappa shape index (κ3) is 4.29. The number of carbonyl (C=O) groups excluding carboxylic acids is 1. The lowest BCUT2D eigenvalue weighted by Crippen LogP contribution is -2.45. The van der Waals surface area contributed by atoms with Crippen LogP contribution in [-0.4, -0.2) is 51.9 Å². The molecule has 0 bridgehead atoms. The SMILES string of the molecule is Cc1ccc(-n2c(SCC(=O)N3CCO[C@@H](C)C3)nc3sc(C)c(C)c3c2=O)c(C)c1. The van der Waals surface area contributed by atoms with Crippen LogP contribution in [0.5, 0.6) is 0 Å². The maximum absolute atomic E-state index is 13.6. The van der Waals surface area contributed by atoms with Gasteiger partial charge in [0.25, 0.3) is 5.56 Å². The first-order chi connectivity index (χ1) is 14.8. The summed E-state index contributed by atoms with van der Waals surface area (Å²) >= 11 is 2.86. The standard InChI is InChI=1S/C23H27N3O3S2/c1-13-6-7-18(14(2)10-13)26-22(28)20-16(4)17(5)31-21(20)24-23(26)30-12-19(27)25-8-9-29-15(3)11-25/h6-7,10,15H,8-9,11-12H2,1-5H3/t15-/m0/s1. The molecule has 0 radical (unpaired) electrons. The Bertz CT molecular complexity index is 1210. The maximum atomic E-state index is 13.6. The first-order valence-electron chi connectivity index (χ1n) is 10.4. The summed E-state index contributed by atoms with van der Waals surface area (Å²) < 4.78 is 7.22. The minimum absolute atomic E-state index is 0.0419. The smallest absolute Gasteiger partial charge is 0.267 e. The van der Waals surface area contributed by atoms with Gasteiger partial charge in [-0.15, -0.1) is 11.3 Å². The number of fused-ring (bicyclic) bond motifs is 1. The average molecular weight is 458 g/mol. The molecule has 3 aromatic rings. The highest BCUT2D eigenvalue weighted by Crippen LogP contribution is 2.30. The first kappa shape index (κ1) is 22.0. The highest BCUT2D eigenvalue weighted by atomic mass is 32.2. The minimum atomic E-state index is -0.0752. The van der Waals surface area contributed by atoms with Crippen molar-refractivity contribution >= 4 is 39.2 Å². The molecule has 3 heterocycles. The number of thiophene rings is 1. The van der Waals surface area contributed by atoms with Crippen molar-refractivity contribution in [2.75, 3.05) is 25.4 Å². The van der Waals surface area contributed by atoms with Crippen molar-refractivity contribution in [3.8, 4) is 5.69 Å². The van der Waals surface area contributed by atoms with E-state index >= 15 is 0 Å². The number of thioether (sulfide) groups is 1. The summed E-state index contributed by atoms with van der Waals surface area (Å²) in [6, 6.07) is 6.02. The topological polar surface area (TPSA) is 64.4 Å². The zero-order chi connectivity index (χ0) is 22.3. The van der Waals surface area contributed by atoms with Gasteiger partial charge in [-0.2, -0.15) is 0 Å². The predicted octanol–water partition coefficient (Wildman–Crippen LogP) is 4.02. The number of hydrogen-bond acceptors (Lipinski definition) is 6. The van der Waals surface area contributed by atoms with Gasteiger partial charge in [-0.1, -0.05) is 29.5 Å². The van der Waals surface area contributed by atoms with Gasteiger partial charge in [0.05, 0.1) is 29.5 Å². The van der Waals surface area contributed by atoms with Crippen molar-refractivity contribution < 1.29 is 9.53 Å². The van der Waals surface area contributed by atoms with Crippen LogP contribution < -0.4 is 5.56 Å². The number of ether oxygens (including phenoxy) is 1. The van der Waals surface area contributed by atoms with Gasteiger partial charge >= 0.3 is 0 Å². The summed E-state index contributed by atoms with van der Waals surface area (Å²) in [7, 11) is 0. The van der Waals surface area contributed by atoms with Crippen molar-refractivity contribution in [3.05, 3.63) is 50.1 Å². The molecule has 0 spiro atoms. The van der Waals surface area contributed by atoms with Gasteiger partial charge in [0.1, 0.15) is 4.83 Å². The Morgan fingerprint density at radius 1 is 1.29 bits per heavy atom. The van der Waals surface area contributed by atoms with Crippen molar-refractivity contribution in [2.45, 2.75) is 45.9 Å². The first-order valence-corrected chi connectivity index (χ1v) is 12.2. The van der Waals surface area contributed by atoms with E-state index in [1.165, 1.54) is 23.1 Å². The summed E-state index contributed by atoms with van der Waals surface area (Å²) in [5, 5.41) is 1.22. The maximum Gasteiger partial charge on any atom is 0.267 e. The fourth-order valence-electron chi connectivity index (χ4n) is 3.90. The van der Waals surface area contributed by atoms with Crippen LogP contribution in [-0.2, 0) is 9.53 Å². The molecule has 1 fully saturated rings. The number of carbonyl (C=O) groups is 1. The summed E-state index contributed by atoms with van der Waals surface area (Å²) in [6.07, 6.45) is 0.0441. The van der Waals surface area contributed by atoms with Crippen LogP contribution in [0.15, 0.2) is 28.2 Å². The van der Waals surface area contributed by atoms with Crippen molar-refractivity contribution in [1.82, 2.24) is 14.5 Å². The van der Waals surface area contributed by atoms with E-state index in [1.807, 2.05) is 51.7 Å². The zero-order valence-corrected chi connectivity index (χ0v) is 20.2. The lowest BCUT2D eigenvalue weighted by atomic mass is 10.1. The van der Waals surface area contributed by atoms with Crippen molar-refractivity contribution in [1.29, 1.82) is 0 Å². The van der Waals surface area contributed by atoms with Crippen LogP contribution in [0, 0.1) is 27.7 Å². The van der Waals surface area contributed by atoms with Crippen molar-refractivity contribution in [2.24, 2.45) is 0 Å². The second-order valence-corrected chi connectivity index (χ2v) is 10.2. The van der Waals surface area contributed by atoms with E-state index in [2.05, 4.69) is 6.07 Å². The van der Waals surface area contributed by atoms with Crippen LogP contribution in [0.4, 0.5) is 0 Å². The Labute approximate surface area is 190 Å². The molecular weight excluding hydrogens is 430 g/mol. The summed E-state index contributed by atoms with van der Waals surface area (Å²) in [5.41, 5.74) is 3.85. The fraction of sp³-hybridized carbons (Fsp3) is 0.435. The molecule has 1 aliphatic heterocycles.